The molecule has 3 aromatic heterocycles. The zero-order chi connectivity index (χ0) is 12.8. The van der Waals surface area contributed by atoms with Crippen LogP contribution >= 0.6 is 11.6 Å². The molecule has 3 heterocycles. The molecule has 4 nitrogen and oxygen atoms in total. The van der Waals surface area contributed by atoms with Gasteiger partial charge in [-0.2, -0.15) is 5.10 Å². The number of halogens is 1. The first kappa shape index (κ1) is 10.6. The zero-order valence-corrected chi connectivity index (χ0v) is 10.5. The molecule has 4 rings (SSSR count). The van der Waals surface area contributed by atoms with Crippen LogP contribution in [0.3, 0.4) is 0 Å². The minimum atomic E-state index is 0.669. The second-order valence-corrected chi connectivity index (χ2v) is 4.67. The molecule has 92 valence electrons. The van der Waals surface area contributed by atoms with E-state index in [-0.39, 0.29) is 0 Å². The van der Waals surface area contributed by atoms with Gasteiger partial charge in [-0.3, -0.25) is 0 Å². The number of fused-ring (bicyclic) bond motifs is 2. The van der Waals surface area contributed by atoms with Gasteiger partial charge in [-0.05, 0) is 18.2 Å². The Hall–Kier alpha value is -2.33. The summed E-state index contributed by atoms with van der Waals surface area (Å²) in [6.45, 7) is 0. The number of hydrogen-bond donors (Lipinski definition) is 0. The van der Waals surface area contributed by atoms with Crippen LogP contribution in [0.25, 0.3) is 27.7 Å². The summed E-state index contributed by atoms with van der Waals surface area (Å²) in [7, 11) is 0. The van der Waals surface area contributed by atoms with Gasteiger partial charge < -0.3 is 4.42 Å². The molecule has 1 aromatic carbocycles. The third kappa shape index (κ3) is 1.61. The molecule has 0 atom stereocenters. The monoisotopic (exact) mass is 269 g/mol. The molecule has 19 heavy (non-hydrogen) atoms. The second kappa shape index (κ2) is 3.83. The van der Waals surface area contributed by atoms with E-state index in [1.165, 1.54) is 0 Å². The molecule has 0 radical (unpaired) electrons. The Morgan fingerprint density at radius 3 is 3.11 bits per heavy atom. The number of rotatable bonds is 1. The molecule has 0 saturated heterocycles. The summed E-state index contributed by atoms with van der Waals surface area (Å²) < 4.78 is 7.13. The van der Waals surface area contributed by atoms with E-state index in [2.05, 4.69) is 10.1 Å². The van der Waals surface area contributed by atoms with E-state index in [1.54, 1.807) is 23.2 Å². The van der Waals surface area contributed by atoms with Crippen molar-refractivity contribution < 1.29 is 4.42 Å². The number of hydrogen-bond acceptors (Lipinski definition) is 3. The van der Waals surface area contributed by atoms with Crippen LogP contribution < -0.4 is 0 Å². The number of furan rings is 1. The van der Waals surface area contributed by atoms with Crippen molar-refractivity contribution in [3.8, 4) is 11.1 Å². The fourth-order valence-corrected chi connectivity index (χ4v) is 2.43. The highest BCUT2D eigenvalue weighted by Gasteiger charge is 2.09. The minimum absolute atomic E-state index is 0.669. The first-order valence-corrected chi connectivity index (χ1v) is 6.15. The summed E-state index contributed by atoms with van der Waals surface area (Å²) >= 11 is 6.32. The summed E-state index contributed by atoms with van der Waals surface area (Å²) in [6.07, 6.45) is 7.05. The van der Waals surface area contributed by atoms with E-state index in [0.717, 1.165) is 27.7 Å². The molecule has 0 aliphatic carbocycles. The lowest BCUT2D eigenvalue weighted by Crippen LogP contribution is -1.91. The predicted molar refractivity (Wildman–Crippen MR) is 73.2 cm³/mol. The maximum Gasteiger partial charge on any atom is 0.154 e. The number of aromatic nitrogens is 3. The molecule has 0 aliphatic heterocycles. The molecule has 0 N–H and O–H groups in total. The van der Waals surface area contributed by atoms with E-state index < -0.39 is 0 Å². The first-order valence-electron chi connectivity index (χ1n) is 5.78. The minimum Gasteiger partial charge on any atom is -0.464 e. The van der Waals surface area contributed by atoms with Crippen LogP contribution in [0.5, 0.6) is 0 Å². The number of benzene rings is 1. The van der Waals surface area contributed by atoms with Crippen molar-refractivity contribution in [1.29, 1.82) is 0 Å². The summed E-state index contributed by atoms with van der Waals surface area (Å²) in [5.74, 6) is 0. The smallest absolute Gasteiger partial charge is 0.154 e. The van der Waals surface area contributed by atoms with Gasteiger partial charge in [0.1, 0.15) is 5.58 Å². The highest BCUT2D eigenvalue weighted by molar-refractivity contribution is 6.34. The van der Waals surface area contributed by atoms with Gasteiger partial charge in [0.15, 0.2) is 5.65 Å². The van der Waals surface area contributed by atoms with E-state index in [0.29, 0.717) is 5.02 Å². The van der Waals surface area contributed by atoms with Gasteiger partial charge >= 0.3 is 0 Å². The van der Waals surface area contributed by atoms with Crippen molar-refractivity contribution >= 4 is 28.2 Å². The molecule has 0 amide bonds. The average molecular weight is 270 g/mol. The summed E-state index contributed by atoms with van der Waals surface area (Å²) in [5, 5.41) is 5.83. The Balaban J connectivity index is 1.98. The quantitative estimate of drug-likeness (QED) is 0.528. The van der Waals surface area contributed by atoms with Crippen molar-refractivity contribution in [3.05, 3.63) is 54.1 Å². The average Bonchev–Trinajstić information content (AvgIpc) is 3.04. The van der Waals surface area contributed by atoms with Gasteiger partial charge in [0.05, 0.1) is 12.5 Å². The van der Waals surface area contributed by atoms with Gasteiger partial charge in [-0.25, -0.2) is 9.50 Å². The topological polar surface area (TPSA) is 43.3 Å². The molecule has 0 unspecified atom stereocenters. The Morgan fingerprint density at radius 2 is 2.16 bits per heavy atom. The third-order valence-corrected chi connectivity index (χ3v) is 3.41. The lowest BCUT2D eigenvalue weighted by atomic mass is 10.1. The van der Waals surface area contributed by atoms with Crippen molar-refractivity contribution in [1.82, 2.24) is 14.6 Å². The molecule has 0 spiro atoms. The number of nitrogens with zero attached hydrogens (tertiary/aromatic N) is 3. The van der Waals surface area contributed by atoms with E-state index in [1.807, 2.05) is 30.5 Å². The van der Waals surface area contributed by atoms with Crippen LogP contribution in [0, 0.1) is 0 Å². The van der Waals surface area contributed by atoms with Crippen LogP contribution in [-0.2, 0) is 0 Å². The summed E-state index contributed by atoms with van der Waals surface area (Å²) in [6, 6.07) is 7.55. The van der Waals surface area contributed by atoms with Crippen molar-refractivity contribution in [2.45, 2.75) is 0 Å². The SMILES string of the molecule is Clc1cc2ccoc2cc1-c1cnc2ccnn2c1. The molecule has 4 aromatic rings. The van der Waals surface area contributed by atoms with Crippen LogP contribution in [-0.4, -0.2) is 14.6 Å². The van der Waals surface area contributed by atoms with Gasteiger partial charge in [0.2, 0.25) is 0 Å². The fourth-order valence-electron chi connectivity index (χ4n) is 2.15. The van der Waals surface area contributed by atoms with Gasteiger partial charge in [-0.1, -0.05) is 11.6 Å². The van der Waals surface area contributed by atoms with Crippen LogP contribution in [0.15, 0.2) is 53.5 Å². The highest BCUT2D eigenvalue weighted by Crippen LogP contribution is 2.32. The van der Waals surface area contributed by atoms with E-state index in [9.17, 15) is 0 Å². The van der Waals surface area contributed by atoms with Gasteiger partial charge in [0, 0.05) is 40.0 Å². The lowest BCUT2D eigenvalue weighted by Gasteiger charge is -2.05. The Morgan fingerprint density at radius 1 is 1.21 bits per heavy atom. The molecule has 0 fully saturated rings. The Kier molecular flexibility index (Phi) is 2.13. The van der Waals surface area contributed by atoms with Crippen LogP contribution in [0.1, 0.15) is 0 Å². The molecule has 0 saturated carbocycles. The molecule has 0 bridgehead atoms. The van der Waals surface area contributed by atoms with Crippen molar-refractivity contribution in [2.24, 2.45) is 0 Å². The largest absolute Gasteiger partial charge is 0.464 e. The Bertz CT molecular complexity index is 894. The molecular formula is C14H8ClN3O. The third-order valence-electron chi connectivity index (χ3n) is 3.10. The summed E-state index contributed by atoms with van der Waals surface area (Å²) in [5.41, 5.74) is 3.40. The van der Waals surface area contributed by atoms with E-state index >= 15 is 0 Å². The highest BCUT2D eigenvalue weighted by atomic mass is 35.5. The maximum atomic E-state index is 6.32. The predicted octanol–water partition coefficient (Wildman–Crippen LogP) is 3.80. The van der Waals surface area contributed by atoms with Gasteiger partial charge in [0.25, 0.3) is 0 Å². The Labute approximate surface area is 113 Å². The molecule has 0 aliphatic rings. The molecular weight excluding hydrogens is 262 g/mol. The summed E-state index contributed by atoms with van der Waals surface area (Å²) in [4.78, 5) is 4.34. The normalized spacial score (nSPS) is 11.4. The fraction of sp³-hybridized carbons (Fsp3) is 0. The van der Waals surface area contributed by atoms with E-state index in [4.69, 9.17) is 16.0 Å². The molecule has 5 heteroatoms. The van der Waals surface area contributed by atoms with Crippen molar-refractivity contribution in [3.63, 3.8) is 0 Å². The first-order chi connectivity index (χ1) is 9.31. The zero-order valence-electron chi connectivity index (χ0n) is 9.75. The van der Waals surface area contributed by atoms with Gasteiger partial charge in [-0.15, -0.1) is 0 Å². The van der Waals surface area contributed by atoms with Crippen LogP contribution in [0.2, 0.25) is 5.02 Å². The van der Waals surface area contributed by atoms with Crippen molar-refractivity contribution in [2.75, 3.05) is 0 Å². The standard InChI is InChI=1S/C14H8ClN3O/c15-12-5-9-2-4-19-13(9)6-11(12)10-7-16-14-1-3-17-18(14)8-10/h1-8H. The second-order valence-electron chi connectivity index (χ2n) is 4.27. The van der Waals surface area contributed by atoms with Crippen LogP contribution in [0.4, 0.5) is 0 Å². The lowest BCUT2D eigenvalue weighted by molar-refractivity contribution is 0.616. The maximum absolute atomic E-state index is 6.32.